The average Bonchev–Trinajstić information content (AvgIpc) is 3.85. The second-order valence-electron chi connectivity index (χ2n) is 11.9. The third-order valence-electron chi connectivity index (χ3n) is 8.82. The van der Waals surface area contributed by atoms with Crippen molar-refractivity contribution in [3.63, 3.8) is 0 Å². The molecule has 4 aliphatic heterocycles. The molecule has 3 fully saturated rings. The molecule has 0 radical (unpaired) electrons. The maximum absolute atomic E-state index is 14.0. The number of ether oxygens (including phenoxy) is 2. The molecule has 3 saturated heterocycles. The van der Waals surface area contributed by atoms with E-state index in [0.29, 0.717) is 85.5 Å². The number of aliphatic carboxylic acids is 1. The SMILES string of the molecule is COC(=O)C1=C(CN2CCN3C(=O)N(c4nc(N5CCOC(CC(=O)O)C5)cs4)C[C@@H]3C2)NC(c2nccs2)=N[C@H]1c1ccc(F)cc1Cl. The standard InChI is InChI=1S/C31H32ClFN8O6S2/c1-46-29(44)25-22(35-27(28-34-4-9-48-28)37-26(25)20-3-2-17(33)10-21(20)32)15-38-5-6-40-18(12-38)13-41(31(40)45)30-36-23(16-49-30)39-7-8-47-19(14-39)11-24(42)43/h2-4,9-10,16,18-19,26H,5-8,11-15H2,1H3,(H,35,37)(H,42,43)/t18-,19?,26-/m0/s1. The summed E-state index contributed by atoms with van der Waals surface area (Å²) in [6.45, 7) is 3.69. The van der Waals surface area contributed by atoms with E-state index in [4.69, 9.17) is 31.1 Å². The maximum Gasteiger partial charge on any atom is 0.338 e. The van der Waals surface area contributed by atoms with E-state index in [1.807, 2.05) is 20.6 Å². The Morgan fingerprint density at radius 1 is 1.20 bits per heavy atom. The van der Waals surface area contributed by atoms with Crippen LogP contribution >= 0.6 is 34.3 Å². The molecule has 1 aromatic carbocycles. The van der Waals surface area contributed by atoms with Crippen LogP contribution in [0.2, 0.25) is 5.02 Å². The lowest BCUT2D eigenvalue weighted by Gasteiger charge is -2.38. The van der Waals surface area contributed by atoms with Crippen LogP contribution < -0.4 is 15.1 Å². The Hall–Kier alpha value is -4.16. The van der Waals surface area contributed by atoms with Crippen LogP contribution in [0.1, 0.15) is 23.0 Å². The van der Waals surface area contributed by atoms with Gasteiger partial charge in [-0.25, -0.2) is 23.9 Å². The highest BCUT2D eigenvalue weighted by atomic mass is 35.5. The number of fused-ring (bicyclic) bond motifs is 1. The zero-order chi connectivity index (χ0) is 34.2. The molecular weight excluding hydrogens is 699 g/mol. The van der Waals surface area contributed by atoms with Gasteiger partial charge in [0.25, 0.3) is 0 Å². The number of nitrogens with zero attached hydrogens (tertiary/aromatic N) is 7. The molecule has 2 N–H and O–H groups in total. The first kappa shape index (κ1) is 33.3. The summed E-state index contributed by atoms with van der Waals surface area (Å²) in [5.74, 6) is -0.866. The number of nitrogens with one attached hydrogen (secondary N) is 1. The number of carboxylic acids is 1. The van der Waals surface area contributed by atoms with Gasteiger partial charge in [-0.2, -0.15) is 0 Å². The zero-order valence-electron chi connectivity index (χ0n) is 26.3. The van der Waals surface area contributed by atoms with Crippen LogP contribution in [0.5, 0.6) is 0 Å². The molecule has 6 heterocycles. The molecule has 0 spiro atoms. The van der Waals surface area contributed by atoms with E-state index in [1.54, 1.807) is 11.1 Å². The van der Waals surface area contributed by atoms with Gasteiger partial charge in [0, 0.05) is 72.5 Å². The Bertz CT molecular complexity index is 1820. The number of aromatic nitrogens is 2. The van der Waals surface area contributed by atoms with Crippen LogP contribution in [-0.2, 0) is 19.1 Å². The molecule has 3 atom stereocenters. The number of amides is 2. The van der Waals surface area contributed by atoms with Gasteiger partial charge in [0.1, 0.15) is 17.7 Å². The van der Waals surface area contributed by atoms with Crippen molar-refractivity contribution in [2.24, 2.45) is 4.99 Å². The molecule has 14 nitrogen and oxygen atoms in total. The normalized spacial score (nSPS) is 23.0. The third kappa shape index (κ3) is 6.85. The zero-order valence-corrected chi connectivity index (χ0v) is 28.6. The number of morpholine rings is 1. The number of esters is 1. The van der Waals surface area contributed by atoms with E-state index >= 15 is 0 Å². The van der Waals surface area contributed by atoms with Crippen molar-refractivity contribution in [1.82, 2.24) is 25.1 Å². The number of carbonyl (C=O) groups excluding carboxylic acids is 2. The number of aliphatic imine (C=N–C) groups is 1. The smallest absolute Gasteiger partial charge is 0.338 e. The van der Waals surface area contributed by atoms with Crippen molar-refractivity contribution >= 4 is 69.0 Å². The van der Waals surface area contributed by atoms with Gasteiger partial charge in [-0.05, 0) is 12.1 Å². The molecule has 258 valence electrons. The van der Waals surface area contributed by atoms with Gasteiger partial charge in [-0.15, -0.1) is 22.7 Å². The molecule has 2 aromatic heterocycles. The van der Waals surface area contributed by atoms with E-state index in [1.165, 1.54) is 48.0 Å². The Morgan fingerprint density at radius 3 is 2.82 bits per heavy atom. The Kier molecular flexibility index (Phi) is 9.52. The number of hydrogen-bond acceptors (Lipinski definition) is 13. The minimum Gasteiger partial charge on any atom is -0.481 e. The number of rotatable bonds is 9. The first-order chi connectivity index (χ1) is 23.7. The summed E-state index contributed by atoms with van der Waals surface area (Å²) in [6, 6.07) is 2.87. The summed E-state index contributed by atoms with van der Waals surface area (Å²) in [5.41, 5.74) is 1.27. The molecule has 18 heteroatoms. The summed E-state index contributed by atoms with van der Waals surface area (Å²) in [6.07, 6.45) is 1.15. The number of piperazine rings is 1. The average molecular weight is 731 g/mol. The topological polar surface area (TPSA) is 153 Å². The lowest BCUT2D eigenvalue weighted by Crippen LogP contribution is -2.53. The quantitative estimate of drug-likeness (QED) is 0.312. The fourth-order valence-electron chi connectivity index (χ4n) is 6.54. The van der Waals surface area contributed by atoms with Crippen molar-refractivity contribution in [3.05, 3.63) is 67.8 Å². The Balaban J connectivity index is 1.10. The van der Waals surface area contributed by atoms with Gasteiger partial charge in [-0.3, -0.25) is 19.6 Å². The minimum absolute atomic E-state index is 0.0849. The van der Waals surface area contributed by atoms with E-state index in [9.17, 15) is 23.9 Å². The highest BCUT2D eigenvalue weighted by Crippen LogP contribution is 2.38. The van der Waals surface area contributed by atoms with E-state index < -0.39 is 29.9 Å². The number of thiazole rings is 2. The van der Waals surface area contributed by atoms with E-state index in [2.05, 4.69) is 15.2 Å². The molecule has 4 aliphatic rings. The second-order valence-corrected chi connectivity index (χ2v) is 14.0. The lowest BCUT2D eigenvalue weighted by molar-refractivity contribution is -0.140. The van der Waals surface area contributed by atoms with Crippen molar-refractivity contribution in [1.29, 1.82) is 0 Å². The number of halogens is 2. The van der Waals surface area contributed by atoms with Crippen LogP contribution in [-0.4, -0.2) is 120 Å². The highest BCUT2D eigenvalue weighted by molar-refractivity contribution is 7.14. The first-order valence-corrected chi connectivity index (χ1v) is 17.7. The summed E-state index contributed by atoms with van der Waals surface area (Å²) in [4.78, 5) is 59.8. The van der Waals surface area contributed by atoms with Crippen molar-refractivity contribution < 1.29 is 33.4 Å². The maximum atomic E-state index is 14.0. The van der Waals surface area contributed by atoms with Crippen molar-refractivity contribution in [2.45, 2.75) is 24.6 Å². The largest absolute Gasteiger partial charge is 0.481 e. The van der Waals surface area contributed by atoms with Crippen LogP contribution in [0.3, 0.4) is 0 Å². The molecule has 0 saturated carbocycles. The molecule has 2 amide bonds. The molecule has 1 unspecified atom stereocenters. The van der Waals surface area contributed by atoms with Crippen molar-refractivity contribution in [3.8, 4) is 0 Å². The number of anilines is 2. The predicted molar refractivity (Wildman–Crippen MR) is 181 cm³/mol. The number of carboxylic acid groups (broad SMARTS) is 1. The monoisotopic (exact) mass is 730 g/mol. The molecule has 3 aromatic rings. The van der Waals surface area contributed by atoms with Crippen LogP contribution in [0.4, 0.5) is 20.1 Å². The van der Waals surface area contributed by atoms with Crippen LogP contribution in [0, 0.1) is 5.82 Å². The van der Waals surface area contributed by atoms with Gasteiger partial charge < -0.3 is 29.7 Å². The number of methoxy groups -OCH3 is 1. The number of carbonyl (C=O) groups is 3. The summed E-state index contributed by atoms with van der Waals surface area (Å²) in [5, 5.41) is 17.5. The summed E-state index contributed by atoms with van der Waals surface area (Å²) < 4.78 is 24.8. The Labute approximate surface area is 293 Å². The third-order valence-corrected chi connectivity index (χ3v) is 10.8. The Morgan fingerprint density at radius 2 is 2.06 bits per heavy atom. The highest BCUT2D eigenvalue weighted by Gasteiger charge is 2.43. The summed E-state index contributed by atoms with van der Waals surface area (Å²) >= 11 is 9.25. The second kappa shape index (κ2) is 14.0. The molecule has 0 aliphatic carbocycles. The molecule has 0 bridgehead atoms. The van der Waals surface area contributed by atoms with Gasteiger partial charge >= 0.3 is 18.0 Å². The number of amidine groups is 1. The first-order valence-electron chi connectivity index (χ1n) is 15.5. The van der Waals surface area contributed by atoms with Gasteiger partial charge in [0.05, 0.1) is 44.4 Å². The predicted octanol–water partition coefficient (Wildman–Crippen LogP) is 3.22. The summed E-state index contributed by atoms with van der Waals surface area (Å²) in [7, 11) is 1.30. The fourth-order valence-corrected chi connectivity index (χ4v) is 8.23. The van der Waals surface area contributed by atoms with Gasteiger partial charge in [0.15, 0.2) is 16.0 Å². The number of urea groups is 1. The van der Waals surface area contributed by atoms with Crippen molar-refractivity contribution in [2.75, 3.05) is 69.3 Å². The molecular formula is C31H32ClFN8O6S2. The molecule has 7 rings (SSSR count). The van der Waals surface area contributed by atoms with Crippen LogP contribution in [0.15, 0.2) is 51.4 Å². The number of hydrogen-bond donors (Lipinski definition) is 2. The number of benzene rings is 1. The fraction of sp³-hybridized carbons (Fsp3) is 0.419. The minimum atomic E-state index is -0.915. The van der Waals surface area contributed by atoms with Gasteiger partial charge in [0.2, 0.25) is 0 Å². The lowest BCUT2D eigenvalue weighted by atomic mass is 9.95. The van der Waals surface area contributed by atoms with E-state index in [0.717, 1.165) is 0 Å². The van der Waals surface area contributed by atoms with E-state index in [-0.39, 0.29) is 29.1 Å². The molecule has 49 heavy (non-hydrogen) atoms. The van der Waals surface area contributed by atoms with Gasteiger partial charge in [-0.1, -0.05) is 17.7 Å². The van der Waals surface area contributed by atoms with Crippen LogP contribution in [0.25, 0.3) is 0 Å².